The number of thioether (sulfide) groups is 1. The molecule has 0 unspecified atom stereocenters. The van der Waals surface area contributed by atoms with Crippen molar-refractivity contribution in [2.75, 3.05) is 30.0 Å². The number of hydrogen-bond donors (Lipinski definition) is 3. The molecule has 3 N–H and O–H groups in total. The molecule has 2 aromatic rings. The predicted molar refractivity (Wildman–Crippen MR) is 121 cm³/mol. The third-order valence-corrected chi connectivity index (χ3v) is 5.38. The standard InChI is InChI=1S/C23H30N2O3S/c26-15-8-16-29-18-23(28)24-14-6-2-5-13-22(27)25-21-12-7-11-20(17-21)19-9-3-1-4-10-19/h1,3-4,7,9-12,17,26H,2,5-6,8,13-16,18H2,(H,24,28)(H,25,27). The number of anilines is 1. The minimum Gasteiger partial charge on any atom is -0.396 e. The largest absolute Gasteiger partial charge is 0.396 e. The fraction of sp³-hybridized carbons (Fsp3) is 0.391. The summed E-state index contributed by atoms with van der Waals surface area (Å²) in [4.78, 5) is 23.8. The Hall–Kier alpha value is -2.31. The molecule has 0 saturated carbocycles. The maximum atomic E-state index is 12.2. The quantitative estimate of drug-likeness (QED) is 0.432. The summed E-state index contributed by atoms with van der Waals surface area (Å²) in [5.41, 5.74) is 3.01. The van der Waals surface area contributed by atoms with Crippen LogP contribution in [0.25, 0.3) is 11.1 Å². The number of hydrogen-bond acceptors (Lipinski definition) is 4. The molecule has 2 rings (SSSR count). The van der Waals surface area contributed by atoms with E-state index in [0.29, 0.717) is 18.7 Å². The highest BCUT2D eigenvalue weighted by Gasteiger charge is 2.05. The average Bonchev–Trinajstić information content (AvgIpc) is 2.74. The van der Waals surface area contributed by atoms with Crippen LogP contribution in [0.3, 0.4) is 0 Å². The van der Waals surface area contributed by atoms with Crippen molar-refractivity contribution in [2.45, 2.75) is 32.1 Å². The first-order valence-electron chi connectivity index (χ1n) is 10.1. The second kappa shape index (κ2) is 13.8. The van der Waals surface area contributed by atoms with Crippen LogP contribution in [0.1, 0.15) is 32.1 Å². The lowest BCUT2D eigenvalue weighted by atomic mass is 10.1. The first kappa shape index (κ1) is 23.0. The maximum absolute atomic E-state index is 12.2. The molecule has 0 saturated heterocycles. The number of aliphatic hydroxyl groups excluding tert-OH is 1. The van der Waals surface area contributed by atoms with Gasteiger partial charge in [0.25, 0.3) is 0 Å². The number of carbonyl (C=O) groups is 2. The van der Waals surface area contributed by atoms with E-state index in [1.165, 1.54) is 11.8 Å². The van der Waals surface area contributed by atoms with Crippen molar-refractivity contribution in [3.05, 3.63) is 54.6 Å². The minimum atomic E-state index is 0.0135. The van der Waals surface area contributed by atoms with Crippen LogP contribution >= 0.6 is 11.8 Å². The Morgan fingerprint density at radius 2 is 1.66 bits per heavy atom. The minimum absolute atomic E-state index is 0.0135. The molecule has 5 nitrogen and oxygen atoms in total. The van der Waals surface area contributed by atoms with Gasteiger partial charge >= 0.3 is 0 Å². The van der Waals surface area contributed by atoms with Crippen molar-refractivity contribution < 1.29 is 14.7 Å². The smallest absolute Gasteiger partial charge is 0.229 e. The zero-order valence-corrected chi connectivity index (χ0v) is 17.5. The maximum Gasteiger partial charge on any atom is 0.229 e. The molecule has 6 heteroatoms. The SMILES string of the molecule is O=C(CSCCCO)NCCCCCC(=O)Nc1cccc(-c2ccccc2)c1. The second-order valence-corrected chi connectivity index (χ2v) is 7.89. The molecule has 29 heavy (non-hydrogen) atoms. The van der Waals surface area contributed by atoms with Crippen LogP contribution in [0.5, 0.6) is 0 Å². The molecule has 0 fully saturated rings. The molecule has 0 bridgehead atoms. The normalized spacial score (nSPS) is 10.5. The van der Waals surface area contributed by atoms with Crippen LogP contribution < -0.4 is 10.6 Å². The van der Waals surface area contributed by atoms with Crippen LogP contribution in [0.2, 0.25) is 0 Å². The van der Waals surface area contributed by atoms with E-state index in [1.807, 2.05) is 54.6 Å². The Balaban J connectivity index is 1.59. The van der Waals surface area contributed by atoms with Crippen molar-refractivity contribution in [2.24, 2.45) is 0 Å². The Bertz CT molecular complexity index is 753. The van der Waals surface area contributed by atoms with Crippen LogP contribution in [0, 0.1) is 0 Å². The molecule has 0 aliphatic heterocycles. The molecule has 156 valence electrons. The van der Waals surface area contributed by atoms with Crippen LogP contribution in [0.4, 0.5) is 5.69 Å². The first-order chi connectivity index (χ1) is 14.2. The lowest BCUT2D eigenvalue weighted by Crippen LogP contribution is -2.26. The van der Waals surface area contributed by atoms with E-state index in [0.717, 1.165) is 48.3 Å². The molecule has 2 amide bonds. The predicted octanol–water partition coefficient (Wildman–Crippen LogP) is 4.08. The van der Waals surface area contributed by atoms with E-state index in [9.17, 15) is 9.59 Å². The number of unbranched alkanes of at least 4 members (excludes halogenated alkanes) is 2. The zero-order valence-electron chi connectivity index (χ0n) is 16.7. The molecule has 0 atom stereocenters. The van der Waals surface area contributed by atoms with Crippen LogP contribution in [-0.2, 0) is 9.59 Å². The van der Waals surface area contributed by atoms with Crippen LogP contribution in [-0.4, -0.2) is 41.6 Å². The summed E-state index contributed by atoms with van der Waals surface area (Å²) in [7, 11) is 0. The van der Waals surface area contributed by atoms with Gasteiger partial charge < -0.3 is 15.7 Å². The molecule has 0 aromatic heterocycles. The third kappa shape index (κ3) is 9.63. The topological polar surface area (TPSA) is 78.4 Å². The fourth-order valence-electron chi connectivity index (χ4n) is 2.83. The summed E-state index contributed by atoms with van der Waals surface area (Å²) in [6.07, 6.45) is 3.75. The van der Waals surface area contributed by atoms with Gasteiger partial charge in [0.05, 0.1) is 5.75 Å². The van der Waals surface area contributed by atoms with E-state index < -0.39 is 0 Å². The summed E-state index contributed by atoms with van der Waals surface area (Å²) in [5.74, 6) is 1.28. The number of amides is 2. The van der Waals surface area contributed by atoms with Gasteiger partial charge in [-0.1, -0.05) is 48.9 Å². The molecule has 0 radical (unpaired) electrons. The summed E-state index contributed by atoms with van der Waals surface area (Å²) in [6.45, 7) is 0.806. The molecular formula is C23H30N2O3S. The van der Waals surface area contributed by atoms with Gasteiger partial charge in [0.2, 0.25) is 11.8 Å². The Labute approximate surface area is 177 Å². The van der Waals surface area contributed by atoms with Crippen molar-refractivity contribution >= 4 is 29.3 Å². The van der Waals surface area contributed by atoms with E-state index >= 15 is 0 Å². The number of nitrogens with one attached hydrogen (secondary N) is 2. The molecule has 2 aromatic carbocycles. The first-order valence-corrected chi connectivity index (χ1v) is 11.2. The highest BCUT2D eigenvalue weighted by Crippen LogP contribution is 2.22. The van der Waals surface area contributed by atoms with Crippen LogP contribution in [0.15, 0.2) is 54.6 Å². The molecule has 0 heterocycles. The van der Waals surface area contributed by atoms with Gasteiger partial charge in [0, 0.05) is 25.3 Å². The second-order valence-electron chi connectivity index (χ2n) is 6.79. The monoisotopic (exact) mass is 414 g/mol. The number of aliphatic hydroxyl groups is 1. The Morgan fingerprint density at radius 1 is 0.862 bits per heavy atom. The number of carbonyl (C=O) groups excluding carboxylic acids is 2. The zero-order chi connectivity index (χ0) is 20.7. The average molecular weight is 415 g/mol. The van der Waals surface area contributed by atoms with E-state index in [2.05, 4.69) is 10.6 Å². The van der Waals surface area contributed by atoms with Crippen molar-refractivity contribution in [3.63, 3.8) is 0 Å². The van der Waals surface area contributed by atoms with E-state index in [1.54, 1.807) is 0 Å². The van der Waals surface area contributed by atoms with Gasteiger partial charge in [-0.15, -0.1) is 0 Å². The van der Waals surface area contributed by atoms with Gasteiger partial charge in [-0.3, -0.25) is 9.59 Å². The summed E-state index contributed by atoms with van der Waals surface area (Å²) in [5, 5.41) is 14.5. The Morgan fingerprint density at radius 3 is 2.45 bits per heavy atom. The lowest BCUT2D eigenvalue weighted by Gasteiger charge is -2.08. The molecule has 0 aliphatic carbocycles. The number of benzene rings is 2. The van der Waals surface area contributed by atoms with Gasteiger partial charge in [-0.05, 0) is 48.3 Å². The summed E-state index contributed by atoms with van der Waals surface area (Å²) < 4.78 is 0. The van der Waals surface area contributed by atoms with Gasteiger partial charge in [0.15, 0.2) is 0 Å². The number of rotatable bonds is 13. The fourth-order valence-corrected chi connectivity index (χ4v) is 3.59. The highest BCUT2D eigenvalue weighted by atomic mass is 32.2. The summed E-state index contributed by atoms with van der Waals surface area (Å²) in [6, 6.07) is 17.9. The Kier molecular flexibility index (Phi) is 10.9. The lowest BCUT2D eigenvalue weighted by molar-refractivity contribution is -0.118. The van der Waals surface area contributed by atoms with Crippen molar-refractivity contribution in [1.29, 1.82) is 0 Å². The van der Waals surface area contributed by atoms with E-state index in [4.69, 9.17) is 5.11 Å². The van der Waals surface area contributed by atoms with Crippen molar-refractivity contribution in [1.82, 2.24) is 5.32 Å². The van der Waals surface area contributed by atoms with E-state index in [-0.39, 0.29) is 18.4 Å². The summed E-state index contributed by atoms with van der Waals surface area (Å²) >= 11 is 1.53. The van der Waals surface area contributed by atoms with Gasteiger partial charge in [-0.2, -0.15) is 11.8 Å². The molecule has 0 spiro atoms. The third-order valence-electron chi connectivity index (χ3n) is 4.34. The van der Waals surface area contributed by atoms with Gasteiger partial charge in [-0.25, -0.2) is 0 Å². The highest BCUT2D eigenvalue weighted by molar-refractivity contribution is 7.99. The molecular weight excluding hydrogens is 384 g/mol. The van der Waals surface area contributed by atoms with Gasteiger partial charge in [0.1, 0.15) is 0 Å². The molecule has 0 aliphatic rings. The van der Waals surface area contributed by atoms with Crippen molar-refractivity contribution in [3.8, 4) is 11.1 Å².